The predicted molar refractivity (Wildman–Crippen MR) is 67.6 cm³/mol. The standard InChI is InChI=1S/C11H11ClN4O3/c12-8-2-1-7(5-13-8)14-10(18)6-16-4-3-9(17)15-11(16)19/h1-2,5H,3-4,6H2,(H,14,18)(H,15,17,19). The molecule has 1 fully saturated rings. The van der Waals surface area contributed by atoms with Crippen LogP contribution in [-0.4, -0.2) is 40.8 Å². The van der Waals surface area contributed by atoms with E-state index in [-0.39, 0.29) is 31.3 Å². The van der Waals surface area contributed by atoms with Crippen molar-refractivity contribution in [2.45, 2.75) is 6.42 Å². The summed E-state index contributed by atoms with van der Waals surface area (Å²) in [6.45, 7) is 0.110. The molecule has 0 saturated carbocycles. The number of pyridine rings is 1. The van der Waals surface area contributed by atoms with Crippen molar-refractivity contribution in [1.29, 1.82) is 0 Å². The highest BCUT2D eigenvalue weighted by molar-refractivity contribution is 6.29. The molecule has 1 aromatic rings. The normalized spacial score (nSPS) is 15.1. The fraction of sp³-hybridized carbons (Fsp3) is 0.273. The zero-order chi connectivity index (χ0) is 13.8. The first-order valence-corrected chi connectivity index (χ1v) is 5.92. The number of urea groups is 1. The number of hydrogen-bond donors (Lipinski definition) is 2. The molecule has 4 amide bonds. The number of hydrogen-bond acceptors (Lipinski definition) is 4. The topological polar surface area (TPSA) is 91.4 Å². The first-order valence-electron chi connectivity index (χ1n) is 5.55. The van der Waals surface area contributed by atoms with Crippen molar-refractivity contribution in [3.8, 4) is 0 Å². The van der Waals surface area contributed by atoms with Crippen molar-refractivity contribution in [3.05, 3.63) is 23.5 Å². The van der Waals surface area contributed by atoms with E-state index in [1.54, 1.807) is 12.1 Å². The zero-order valence-corrected chi connectivity index (χ0v) is 10.6. The first-order chi connectivity index (χ1) is 9.04. The minimum absolute atomic E-state index is 0.123. The Bertz CT molecular complexity index is 517. The number of nitrogens with zero attached hydrogens (tertiary/aromatic N) is 2. The molecule has 0 aliphatic carbocycles. The molecule has 7 nitrogen and oxygen atoms in total. The third kappa shape index (κ3) is 3.65. The Labute approximate surface area is 113 Å². The molecule has 2 heterocycles. The van der Waals surface area contributed by atoms with Gasteiger partial charge in [0.2, 0.25) is 11.8 Å². The largest absolute Gasteiger partial charge is 0.324 e. The Morgan fingerprint density at radius 1 is 1.47 bits per heavy atom. The van der Waals surface area contributed by atoms with Gasteiger partial charge in [-0.3, -0.25) is 14.9 Å². The zero-order valence-electron chi connectivity index (χ0n) is 9.85. The molecule has 1 aliphatic heterocycles. The van der Waals surface area contributed by atoms with E-state index < -0.39 is 6.03 Å². The number of carbonyl (C=O) groups is 3. The Morgan fingerprint density at radius 2 is 2.26 bits per heavy atom. The van der Waals surface area contributed by atoms with Crippen molar-refractivity contribution in [2.75, 3.05) is 18.4 Å². The molecule has 0 radical (unpaired) electrons. The van der Waals surface area contributed by atoms with Crippen LogP contribution in [-0.2, 0) is 9.59 Å². The van der Waals surface area contributed by atoms with E-state index >= 15 is 0 Å². The molecule has 1 aliphatic rings. The van der Waals surface area contributed by atoms with Crippen LogP contribution in [0, 0.1) is 0 Å². The van der Waals surface area contributed by atoms with Gasteiger partial charge < -0.3 is 10.2 Å². The van der Waals surface area contributed by atoms with Gasteiger partial charge in [-0.25, -0.2) is 9.78 Å². The highest BCUT2D eigenvalue weighted by Crippen LogP contribution is 2.10. The van der Waals surface area contributed by atoms with Crippen molar-refractivity contribution in [3.63, 3.8) is 0 Å². The van der Waals surface area contributed by atoms with Crippen molar-refractivity contribution >= 4 is 35.1 Å². The molecule has 0 spiro atoms. The molecule has 0 bridgehead atoms. The lowest BCUT2D eigenvalue weighted by atomic mass is 10.3. The minimum atomic E-state index is -0.555. The van der Waals surface area contributed by atoms with Crippen LogP contribution in [0.25, 0.3) is 0 Å². The number of rotatable bonds is 3. The number of amides is 4. The molecule has 0 unspecified atom stereocenters. The molecule has 2 rings (SSSR count). The average molecular weight is 283 g/mol. The smallest absolute Gasteiger partial charge is 0.323 e. The quantitative estimate of drug-likeness (QED) is 0.795. The Hall–Kier alpha value is -2.15. The summed E-state index contributed by atoms with van der Waals surface area (Å²) in [7, 11) is 0. The Balaban J connectivity index is 1.89. The maximum atomic E-state index is 11.7. The summed E-state index contributed by atoms with van der Waals surface area (Å²) in [5.74, 6) is -0.697. The highest BCUT2D eigenvalue weighted by Gasteiger charge is 2.24. The van der Waals surface area contributed by atoms with Crippen molar-refractivity contribution < 1.29 is 14.4 Å². The third-order valence-electron chi connectivity index (χ3n) is 2.49. The maximum absolute atomic E-state index is 11.7. The van der Waals surface area contributed by atoms with E-state index in [4.69, 9.17) is 11.6 Å². The van der Waals surface area contributed by atoms with Crippen LogP contribution in [0.3, 0.4) is 0 Å². The SMILES string of the molecule is O=C1CCN(CC(=O)Nc2ccc(Cl)nc2)C(=O)N1. The van der Waals surface area contributed by atoms with Gasteiger partial charge in [-0.1, -0.05) is 11.6 Å². The van der Waals surface area contributed by atoms with Crippen LogP contribution < -0.4 is 10.6 Å². The lowest BCUT2D eigenvalue weighted by Gasteiger charge is -2.25. The van der Waals surface area contributed by atoms with E-state index in [0.717, 1.165) is 0 Å². The summed E-state index contributed by atoms with van der Waals surface area (Å²) < 4.78 is 0. The molecule has 2 N–H and O–H groups in total. The Kier molecular flexibility index (Phi) is 3.96. The molecule has 0 aromatic carbocycles. The molecular formula is C11H11ClN4O3. The Morgan fingerprint density at radius 3 is 2.89 bits per heavy atom. The van der Waals surface area contributed by atoms with Crippen LogP contribution in [0.5, 0.6) is 0 Å². The van der Waals surface area contributed by atoms with Gasteiger partial charge in [0.15, 0.2) is 0 Å². The second kappa shape index (κ2) is 5.66. The summed E-state index contributed by atoms with van der Waals surface area (Å²) in [4.78, 5) is 39.2. The summed E-state index contributed by atoms with van der Waals surface area (Å²) in [6.07, 6.45) is 1.61. The molecule has 0 atom stereocenters. The number of carbonyl (C=O) groups excluding carboxylic acids is 3. The summed E-state index contributed by atoms with van der Waals surface area (Å²) >= 11 is 5.62. The molecule has 100 valence electrons. The van der Waals surface area contributed by atoms with Gasteiger partial charge >= 0.3 is 6.03 Å². The minimum Gasteiger partial charge on any atom is -0.323 e. The van der Waals surface area contributed by atoms with Crippen LogP contribution in [0.4, 0.5) is 10.5 Å². The number of anilines is 1. The highest BCUT2D eigenvalue weighted by atomic mass is 35.5. The lowest BCUT2D eigenvalue weighted by Crippen LogP contribution is -2.51. The number of aromatic nitrogens is 1. The van der Waals surface area contributed by atoms with Gasteiger partial charge in [0, 0.05) is 13.0 Å². The summed E-state index contributed by atoms with van der Waals surface area (Å²) in [5, 5.41) is 5.05. The third-order valence-corrected chi connectivity index (χ3v) is 2.71. The van der Waals surface area contributed by atoms with E-state index in [0.29, 0.717) is 10.8 Å². The average Bonchev–Trinajstić information content (AvgIpc) is 2.36. The number of imide groups is 1. The second-order valence-corrected chi connectivity index (χ2v) is 4.33. The summed E-state index contributed by atoms with van der Waals surface area (Å²) in [5.41, 5.74) is 0.489. The van der Waals surface area contributed by atoms with Gasteiger partial charge in [0.05, 0.1) is 11.9 Å². The van der Waals surface area contributed by atoms with E-state index in [1.807, 2.05) is 0 Å². The van der Waals surface area contributed by atoms with E-state index in [9.17, 15) is 14.4 Å². The van der Waals surface area contributed by atoms with E-state index in [2.05, 4.69) is 15.6 Å². The van der Waals surface area contributed by atoms with Crippen LogP contribution in [0.15, 0.2) is 18.3 Å². The number of nitrogens with one attached hydrogen (secondary N) is 2. The second-order valence-electron chi connectivity index (χ2n) is 3.94. The van der Waals surface area contributed by atoms with Crippen LogP contribution in [0.2, 0.25) is 5.15 Å². The lowest BCUT2D eigenvalue weighted by molar-refractivity contribution is -0.123. The van der Waals surface area contributed by atoms with Gasteiger partial charge in [0.25, 0.3) is 0 Å². The molecule has 1 saturated heterocycles. The van der Waals surface area contributed by atoms with Gasteiger partial charge in [0.1, 0.15) is 11.7 Å². The maximum Gasteiger partial charge on any atom is 0.324 e. The first kappa shape index (κ1) is 13.3. The molecular weight excluding hydrogens is 272 g/mol. The fourth-order valence-corrected chi connectivity index (χ4v) is 1.69. The van der Waals surface area contributed by atoms with E-state index in [1.165, 1.54) is 11.1 Å². The van der Waals surface area contributed by atoms with Crippen LogP contribution in [0.1, 0.15) is 6.42 Å². The monoisotopic (exact) mass is 282 g/mol. The molecule has 1 aromatic heterocycles. The van der Waals surface area contributed by atoms with Gasteiger partial charge in [-0.2, -0.15) is 0 Å². The predicted octanol–water partition coefficient (Wildman–Crippen LogP) is 0.615. The fourth-order valence-electron chi connectivity index (χ4n) is 1.57. The molecule has 19 heavy (non-hydrogen) atoms. The molecule has 8 heteroatoms. The van der Waals surface area contributed by atoms with Crippen molar-refractivity contribution in [2.24, 2.45) is 0 Å². The van der Waals surface area contributed by atoms with Gasteiger partial charge in [-0.15, -0.1) is 0 Å². The van der Waals surface area contributed by atoms with Crippen molar-refractivity contribution in [1.82, 2.24) is 15.2 Å². The summed E-state index contributed by atoms with van der Waals surface area (Å²) in [6, 6.07) is 2.59. The number of halogens is 1. The van der Waals surface area contributed by atoms with Crippen LogP contribution >= 0.6 is 11.6 Å². The van der Waals surface area contributed by atoms with Gasteiger partial charge in [-0.05, 0) is 12.1 Å².